The maximum Gasteiger partial charge on any atom is 0.253 e. The van der Waals surface area contributed by atoms with E-state index in [2.05, 4.69) is 5.32 Å². The fourth-order valence-electron chi connectivity index (χ4n) is 3.09. The number of hydrogen-bond donors (Lipinski definition) is 1. The van der Waals surface area contributed by atoms with Gasteiger partial charge in [-0.15, -0.1) is 0 Å². The molecule has 1 aliphatic rings. The van der Waals surface area contributed by atoms with Crippen molar-refractivity contribution in [3.63, 3.8) is 0 Å². The summed E-state index contributed by atoms with van der Waals surface area (Å²) in [6.45, 7) is 1.28. The van der Waals surface area contributed by atoms with Crippen LogP contribution in [-0.4, -0.2) is 35.8 Å². The number of carbonyl (C=O) groups excluding carboxylic acids is 2. The van der Waals surface area contributed by atoms with Gasteiger partial charge in [-0.05, 0) is 36.6 Å². The van der Waals surface area contributed by atoms with Crippen LogP contribution in [-0.2, 0) is 11.2 Å². The molecule has 0 atom stereocenters. The molecule has 2 aromatic carbocycles. The van der Waals surface area contributed by atoms with Gasteiger partial charge in [-0.25, -0.2) is 0 Å². The van der Waals surface area contributed by atoms with Gasteiger partial charge in [-0.2, -0.15) is 0 Å². The summed E-state index contributed by atoms with van der Waals surface area (Å²) < 4.78 is 0. The van der Waals surface area contributed by atoms with Crippen LogP contribution >= 0.6 is 23.2 Å². The monoisotopic (exact) mass is 390 g/mol. The molecule has 0 saturated carbocycles. The second kappa shape index (κ2) is 8.56. The first kappa shape index (κ1) is 18.7. The zero-order chi connectivity index (χ0) is 18.5. The van der Waals surface area contributed by atoms with Crippen LogP contribution in [0, 0.1) is 0 Å². The Labute approximate surface area is 163 Å². The van der Waals surface area contributed by atoms with Crippen LogP contribution in [0.4, 0.5) is 0 Å². The third-order valence-electron chi connectivity index (χ3n) is 4.55. The molecule has 2 amide bonds. The minimum Gasteiger partial charge on any atom is -0.349 e. The highest BCUT2D eigenvalue weighted by atomic mass is 35.5. The van der Waals surface area contributed by atoms with E-state index in [1.165, 1.54) is 0 Å². The van der Waals surface area contributed by atoms with Crippen molar-refractivity contribution in [1.82, 2.24) is 10.2 Å². The lowest BCUT2D eigenvalue weighted by Crippen LogP contribution is -2.47. The van der Waals surface area contributed by atoms with Gasteiger partial charge in [0.05, 0.1) is 17.0 Å². The molecule has 26 heavy (non-hydrogen) atoms. The Morgan fingerprint density at radius 3 is 2.42 bits per heavy atom. The number of benzene rings is 2. The number of rotatable bonds is 4. The van der Waals surface area contributed by atoms with E-state index in [9.17, 15) is 9.59 Å². The summed E-state index contributed by atoms with van der Waals surface area (Å²) in [6.07, 6.45) is 1.87. The molecular weight excluding hydrogens is 371 g/mol. The highest BCUT2D eigenvalue weighted by Crippen LogP contribution is 2.21. The number of hydrogen-bond acceptors (Lipinski definition) is 2. The normalized spacial score (nSPS) is 14.9. The van der Waals surface area contributed by atoms with Crippen molar-refractivity contribution in [2.75, 3.05) is 13.1 Å². The molecule has 3 rings (SSSR count). The van der Waals surface area contributed by atoms with Crippen molar-refractivity contribution < 1.29 is 9.59 Å². The van der Waals surface area contributed by atoms with Crippen LogP contribution in [0.25, 0.3) is 0 Å². The Hall–Kier alpha value is -2.04. The minimum atomic E-state index is -0.230. The van der Waals surface area contributed by atoms with Crippen molar-refractivity contribution >= 4 is 35.0 Å². The first-order valence-electron chi connectivity index (χ1n) is 8.60. The molecule has 0 aromatic heterocycles. The first-order chi connectivity index (χ1) is 12.5. The van der Waals surface area contributed by atoms with Crippen molar-refractivity contribution in [2.45, 2.75) is 25.3 Å². The Bertz CT molecular complexity index is 788. The van der Waals surface area contributed by atoms with E-state index in [4.69, 9.17) is 23.2 Å². The van der Waals surface area contributed by atoms with Crippen LogP contribution in [0.2, 0.25) is 10.0 Å². The van der Waals surface area contributed by atoms with Gasteiger partial charge in [-0.1, -0.05) is 53.5 Å². The molecule has 6 heteroatoms. The largest absolute Gasteiger partial charge is 0.349 e. The van der Waals surface area contributed by atoms with Crippen molar-refractivity contribution in [1.29, 1.82) is 0 Å². The molecule has 0 spiro atoms. The predicted molar refractivity (Wildman–Crippen MR) is 104 cm³/mol. The number of piperidine rings is 1. The maximum atomic E-state index is 12.4. The molecule has 0 bridgehead atoms. The van der Waals surface area contributed by atoms with Gasteiger partial charge in [0.2, 0.25) is 5.91 Å². The number of halogens is 2. The van der Waals surface area contributed by atoms with E-state index < -0.39 is 0 Å². The van der Waals surface area contributed by atoms with Crippen LogP contribution in [0.3, 0.4) is 0 Å². The average Bonchev–Trinajstić information content (AvgIpc) is 2.65. The third-order valence-corrected chi connectivity index (χ3v) is 5.12. The van der Waals surface area contributed by atoms with Gasteiger partial charge in [0.1, 0.15) is 0 Å². The molecule has 0 aliphatic carbocycles. The molecule has 1 saturated heterocycles. The lowest BCUT2D eigenvalue weighted by molar-refractivity contribution is -0.131. The highest BCUT2D eigenvalue weighted by molar-refractivity contribution is 6.35. The van der Waals surface area contributed by atoms with E-state index in [-0.39, 0.29) is 17.9 Å². The lowest BCUT2D eigenvalue weighted by atomic mass is 10.0. The third kappa shape index (κ3) is 4.77. The molecule has 1 fully saturated rings. The second-order valence-electron chi connectivity index (χ2n) is 6.42. The summed E-state index contributed by atoms with van der Waals surface area (Å²) in [6, 6.07) is 14.6. The Kier molecular flexibility index (Phi) is 6.17. The van der Waals surface area contributed by atoms with Gasteiger partial charge in [0.15, 0.2) is 0 Å². The number of likely N-dealkylation sites (tertiary alicyclic amines) is 1. The quantitative estimate of drug-likeness (QED) is 0.858. The van der Waals surface area contributed by atoms with E-state index >= 15 is 0 Å². The van der Waals surface area contributed by atoms with E-state index in [0.29, 0.717) is 35.1 Å². The van der Waals surface area contributed by atoms with Crippen LogP contribution in [0.1, 0.15) is 28.8 Å². The zero-order valence-corrected chi connectivity index (χ0v) is 15.8. The molecule has 1 N–H and O–H groups in total. The minimum absolute atomic E-state index is 0.0262. The number of carbonyl (C=O) groups is 2. The van der Waals surface area contributed by atoms with Crippen LogP contribution in [0.15, 0.2) is 48.5 Å². The molecular formula is C20H20Cl2N2O2. The zero-order valence-electron chi connectivity index (χ0n) is 14.3. The lowest BCUT2D eigenvalue weighted by Gasteiger charge is -2.32. The first-order valence-corrected chi connectivity index (χ1v) is 9.36. The van der Waals surface area contributed by atoms with E-state index in [1.807, 2.05) is 35.2 Å². The molecule has 1 aliphatic heterocycles. The summed E-state index contributed by atoms with van der Waals surface area (Å²) in [5.41, 5.74) is 1.39. The number of nitrogens with one attached hydrogen (secondary N) is 1. The molecule has 1 heterocycles. The standard InChI is InChI=1S/C20H20Cl2N2O2/c21-15-6-7-18(22)17(13-15)20(26)23-16-8-10-24(11-9-16)19(25)12-14-4-2-1-3-5-14/h1-7,13,16H,8-12H2,(H,23,26). The second-order valence-corrected chi connectivity index (χ2v) is 7.26. The summed E-state index contributed by atoms with van der Waals surface area (Å²) >= 11 is 12.0. The van der Waals surface area contributed by atoms with Gasteiger partial charge in [-0.3, -0.25) is 9.59 Å². The topological polar surface area (TPSA) is 49.4 Å². The van der Waals surface area contributed by atoms with Crippen molar-refractivity contribution in [2.24, 2.45) is 0 Å². The highest BCUT2D eigenvalue weighted by Gasteiger charge is 2.24. The summed E-state index contributed by atoms with van der Waals surface area (Å²) in [7, 11) is 0. The van der Waals surface area contributed by atoms with Crippen LogP contribution in [0.5, 0.6) is 0 Å². The average molecular weight is 391 g/mol. The molecule has 136 valence electrons. The SMILES string of the molecule is O=C(NC1CCN(C(=O)Cc2ccccc2)CC1)c1cc(Cl)ccc1Cl. The smallest absolute Gasteiger partial charge is 0.253 e. The van der Waals surface area contributed by atoms with Crippen molar-refractivity contribution in [3.05, 3.63) is 69.7 Å². The Morgan fingerprint density at radius 2 is 1.73 bits per heavy atom. The Morgan fingerprint density at radius 1 is 1.04 bits per heavy atom. The fraction of sp³-hybridized carbons (Fsp3) is 0.300. The molecule has 4 nitrogen and oxygen atoms in total. The van der Waals surface area contributed by atoms with Crippen molar-refractivity contribution in [3.8, 4) is 0 Å². The summed E-state index contributed by atoms with van der Waals surface area (Å²) in [5.74, 6) is -0.106. The van der Waals surface area contributed by atoms with E-state index in [1.54, 1.807) is 18.2 Å². The predicted octanol–water partition coefficient (Wildman–Crippen LogP) is 3.96. The van der Waals surface area contributed by atoms with Gasteiger partial charge in [0, 0.05) is 24.2 Å². The summed E-state index contributed by atoms with van der Waals surface area (Å²) in [5, 5.41) is 3.84. The number of nitrogens with zero attached hydrogens (tertiary/aromatic N) is 1. The van der Waals surface area contributed by atoms with Crippen LogP contribution < -0.4 is 5.32 Å². The summed E-state index contributed by atoms with van der Waals surface area (Å²) in [4.78, 5) is 26.7. The van der Waals surface area contributed by atoms with Gasteiger partial charge >= 0.3 is 0 Å². The van der Waals surface area contributed by atoms with E-state index in [0.717, 1.165) is 18.4 Å². The van der Waals surface area contributed by atoms with Gasteiger partial charge < -0.3 is 10.2 Å². The Balaban J connectivity index is 1.51. The maximum absolute atomic E-state index is 12.4. The number of amides is 2. The molecule has 0 radical (unpaired) electrons. The molecule has 0 unspecified atom stereocenters. The fourth-order valence-corrected chi connectivity index (χ4v) is 3.47. The van der Waals surface area contributed by atoms with Gasteiger partial charge in [0.25, 0.3) is 5.91 Å². The molecule has 2 aromatic rings.